The van der Waals surface area contributed by atoms with E-state index in [2.05, 4.69) is 4.98 Å². The maximum absolute atomic E-state index is 13.1. The lowest BCUT2D eigenvalue weighted by atomic mass is 10.2. The molecule has 3 nitrogen and oxygen atoms in total. The molecule has 0 unspecified atom stereocenters. The van der Waals surface area contributed by atoms with Crippen LogP contribution in [0.3, 0.4) is 0 Å². The van der Waals surface area contributed by atoms with E-state index in [-0.39, 0.29) is 12.6 Å². The predicted molar refractivity (Wildman–Crippen MR) is 52.0 cm³/mol. The van der Waals surface area contributed by atoms with Crippen LogP contribution in [0.15, 0.2) is 24.4 Å². The fourth-order valence-electron chi connectivity index (χ4n) is 1.84. The molecule has 0 amide bonds. The van der Waals surface area contributed by atoms with Crippen molar-refractivity contribution in [1.82, 2.24) is 4.98 Å². The van der Waals surface area contributed by atoms with Crippen LogP contribution in [-0.4, -0.2) is 35.5 Å². The molecule has 2 rings (SSSR count). The summed E-state index contributed by atoms with van der Waals surface area (Å²) in [5.74, 6) is 0.742. The van der Waals surface area contributed by atoms with Gasteiger partial charge in [0.05, 0.1) is 19.2 Å². The topological polar surface area (TPSA) is 36.4 Å². The number of anilines is 1. The molecule has 0 aromatic carbocycles. The van der Waals surface area contributed by atoms with E-state index in [0.29, 0.717) is 13.0 Å². The molecule has 0 radical (unpaired) electrons. The minimum atomic E-state index is -0.853. The quantitative estimate of drug-likeness (QED) is 0.766. The second-order valence-electron chi connectivity index (χ2n) is 3.51. The predicted octanol–water partition coefficient (Wildman–Crippen LogP) is 0.991. The van der Waals surface area contributed by atoms with Gasteiger partial charge in [0.1, 0.15) is 12.0 Å². The minimum Gasteiger partial charge on any atom is -0.394 e. The van der Waals surface area contributed by atoms with Gasteiger partial charge in [-0.25, -0.2) is 9.37 Å². The smallest absolute Gasteiger partial charge is 0.128 e. The highest BCUT2D eigenvalue weighted by molar-refractivity contribution is 5.41. The van der Waals surface area contributed by atoms with Crippen molar-refractivity contribution in [1.29, 1.82) is 0 Å². The molecule has 2 heterocycles. The van der Waals surface area contributed by atoms with Gasteiger partial charge >= 0.3 is 0 Å². The molecule has 14 heavy (non-hydrogen) atoms. The first-order chi connectivity index (χ1) is 6.81. The maximum atomic E-state index is 13.1. The van der Waals surface area contributed by atoms with E-state index in [1.165, 1.54) is 0 Å². The molecule has 0 saturated carbocycles. The van der Waals surface area contributed by atoms with Crippen LogP contribution in [0.4, 0.5) is 10.2 Å². The molecule has 1 fully saturated rings. The standard InChI is InChI=1S/C10H13FN2O/c11-8-5-9(7-14)13(6-8)10-3-1-2-4-12-10/h1-4,8-9,14H,5-7H2/t8-,9-/m0/s1. The fraction of sp³-hybridized carbons (Fsp3) is 0.500. The van der Waals surface area contributed by atoms with Crippen molar-refractivity contribution in [2.45, 2.75) is 18.6 Å². The lowest BCUT2D eigenvalue weighted by Gasteiger charge is -2.23. The van der Waals surface area contributed by atoms with Crippen molar-refractivity contribution in [2.75, 3.05) is 18.1 Å². The van der Waals surface area contributed by atoms with Gasteiger partial charge in [-0.15, -0.1) is 0 Å². The van der Waals surface area contributed by atoms with E-state index in [1.54, 1.807) is 6.20 Å². The highest BCUT2D eigenvalue weighted by atomic mass is 19.1. The third-order valence-corrected chi connectivity index (χ3v) is 2.52. The zero-order chi connectivity index (χ0) is 9.97. The van der Waals surface area contributed by atoms with E-state index < -0.39 is 6.17 Å². The molecule has 1 saturated heterocycles. The van der Waals surface area contributed by atoms with Crippen molar-refractivity contribution in [3.8, 4) is 0 Å². The van der Waals surface area contributed by atoms with Crippen molar-refractivity contribution in [3.05, 3.63) is 24.4 Å². The molecule has 0 bridgehead atoms. The second kappa shape index (κ2) is 3.92. The van der Waals surface area contributed by atoms with Gasteiger partial charge in [0.25, 0.3) is 0 Å². The summed E-state index contributed by atoms with van der Waals surface area (Å²) in [5.41, 5.74) is 0. The molecule has 1 aromatic rings. The number of alkyl halides is 1. The maximum Gasteiger partial charge on any atom is 0.128 e. The van der Waals surface area contributed by atoms with Crippen LogP contribution in [0.5, 0.6) is 0 Å². The van der Waals surface area contributed by atoms with Gasteiger partial charge in [-0.1, -0.05) is 6.07 Å². The zero-order valence-electron chi connectivity index (χ0n) is 7.81. The number of pyridine rings is 1. The van der Waals surface area contributed by atoms with Crippen LogP contribution in [0, 0.1) is 0 Å². The Labute approximate surface area is 82.2 Å². The van der Waals surface area contributed by atoms with Crippen LogP contribution in [0.1, 0.15) is 6.42 Å². The van der Waals surface area contributed by atoms with Crippen LogP contribution < -0.4 is 4.90 Å². The molecule has 0 aliphatic carbocycles. The molecule has 2 atom stereocenters. The van der Waals surface area contributed by atoms with E-state index >= 15 is 0 Å². The summed E-state index contributed by atoms with van der Waals surface area (Å²) in [7, 11) is 0. The Balaban J connectivity index is 2.18. The normalized spacial score (nSPS) is 26.9. The third kappa shape index (κ3) is 1.70. The van der Waals surface area contributed by atoms with Gasteiger partial charge in [0.2, 0.25) is 0 Å². The van der Waals surface area contributed by atoms with Crippen LogP contribution >= 0.6 is 0 Å². The number of aliphatic hydroxyl groups is 1. The summed E-state index contributed by atoms with van der Waals surface area (Å²) < 4.78 is 13.1. The Bertz CT molecular complexity index is 293. The Morgan fingerprint density at radius 1 is 1.57 bits per heavy atom. The van der Waals surface area contributed by atoms with Gasteiger partial charge < -0.3 is 10.0 Å². The average molecular weight is 196 g/mol. The SMILES string of the molecule is OC[C@@H]1C[C@H](F)CN1c1ccccn1. The zero-order valence-corrected chi connectivity index (χ0v) is 7.81. The Morgan fingerprint density at radius 3 is 3.07 bits per heavy atom. The largest absolute Gasteiger partial charge is 0.394 e. The highest BCUT2D eigenvalue weighted by Gasteiger charge is 2.32. The molecular formula is C10H13FN2O. The van der Waals surface area contributed by atoms with E-state index in [4.69, 9.17) is 5.11 Å². The molecular weight excluding hydrogens is 183 g/mol. The van der Waals surface area contributed by atoms with Crippen LogP contribution in [0.2, 0.25) is 0 Å². The molecule has 4 heteroatoms. The van der Waals surface area contributed by atoms with Crippen LogP contribution in [-0.2, 0) is 0 Å². The van der Waals surface area contributed by atoms with Crippen molar-refractivity contribution in [3.63, 3.8) is 0 Å². The van der Waals surface area contributed by atoms with Gasteiger partial charge in [-0.3, -0.25) is 0 Å². The Hall–Kier alpha value is -1.16. The van der Waals surface area contributed by atoms with Gasteiger partial charge in [-0.2, -0.15) is 0 Å². The Kier molecular flexibility index (Phi) is 2.63. The molecule has 1 aromatic heterocycles. The van der Waals surface area contributed by atoms with Gasteiger partial charge in [0.15, 0.2) is 0 Å². The first-order valence-corrected chi connectivity index (χ1v) is 4.74. The number of hydrogen-bond acceptors (Lipinski definition) is 3. The summed E-state index contributed by atoms with van der Waals surface area (Å²) in [6.45, 7) is 0.319. The first-order valence-electron chi connectivity index (χ1n) is 4.74. The molecule has 1 aliphatic heterocycles. The fourth-order valence-corrected chi connectivity index (χ4v) is 1.84. The molecule has 1 N–H and O–H groups in total. The summed E-state index contributed by atoms with van der Waals surface area (Å²) in [6, 6.07) is 5.39. The van der Waals surface area contributed by atoms with Crippen molar-refractivity contribution >= 4 is 5.82 Å². The van der Waals surface area contributed by atoms with E-state index in [9.17, 15) is 4.39 Å². The highest BCUT2D eigenvalue weighted by Crippen LogP contribution is 2.24. The third-order valence-electron chi connectivity index (χ3n) is 2.52. The number of hydrogen-bond donors (Lipinski definition) is 1. The monoisotopic (exact) mass is 196 g/mol. The number of aliphatic hydroxyl groups excluding tert-OH is 1. The summed E-state index contributed by atoms with van der Waals surface area (Å²) in [4.78, 5) is 5.97. The van der Waals surface area contributed by atoms with Gasteiger partial charge in [-0.05, 0) is 12.1 Å². The number of nitrogens with zero attached hydrogens (tertiary/aromatic N) is 2. The lowest BCUT2D eigenvalue weighted by Crippen LogP contribution is -2.32. The average Bonchev–Trinajstić information content (AvgIpc) is 2.61. The van der Waals surface area contributed by atoms with Gasteiger partial charge in [0, 0.05) is 12.6 Å². The van der Waals surface area contributed by atoms with Crippen molar-refractivity contribution < 1.29 is 9.50 Å². The summed E-state index contributed by atoms with van der Waals surface area (Å²) in [5, 5.41) is 9.08. The number of halogens is 1. The van der Waals surface area contributed by atoms with Crippen molar-refractivity contribution in [2.24, 2.45) is 0 Å². The van der Waals surface area contributed by atoms with E-state index in [1.807, 2.05) is 23.1 Å². The second-order valence-corrected chi connectivity index (χ2v) is 3.51. The minimum absolute atomic E-state index is 0.0169. The number of aromatic nitrogens is 1. The molecule has 1 aliphatic rings. The summed E-state index contributed by atoms with van der Waals surface area (Å²) >= 11 is 0. The lowest BCUT2D eigenvalue weighted by molar-refractivity contribution is 0.255. The number of rotatable bonds is 2. The van der Waals surface area contributed by atoms with Crippen LogP contribution in [0.25, 0.3) is 0 Å². The first kappa shape index (κ1) is 9.40. The molecule has 76 valence electrons. The summed E-state index contributed by atoms with van der Waals surface area (Å²) in [6.07, 6.45) is 1.22. The molecule has 0 spiro atoms. The Morgan fingerprint density at radius 2 is 2.43 bits per heavy atom. The van der Waals surface area contributed by atoms with E-state index in [0.717, 1.165) is 5.82 Å².